The lowest BCUT2D eigenvalue weighted by Gasteiger charge is -2.33. The number of piperidine rings is 1. The first-order chi connectivity index (χ1) is 16.0. The van der Waals surface area contributed by atoms with E-state index in [4.69, 9.17) is 0 Å². The molecule has 0 aromatic heterocycles. The summed E-state index contributed by atoms with van der Waals surface area (Å²) in [5.74, 6) is 0.193. The second-order valence-corrected chi connectivity index (χ2v) is 9.11. The van der Waals surface area contributed by atoms with E-state index in [2.05, 4.69) is 19.2 Å². The van der Waals surface area contributed by atoms with E-state index < -0.39 is 0 Å². The summed E-state index contributed by atoms with van der Waals surface area (Å²) >= 11 is 0. The molecule has 1 N–H and O–H groups in total. The Labute approximate surface area is 196 Å². The molecule has 3 aromatic rings. The molecule has 4 rings (SSSR count). The SMILES string of the molecule is CC(C)c1ccc(C(=O)N2CCC(NC(=O)C(c3ccccc3)c3ccccc3)CC2)cc1. The van der Waals surface area contributed by atoms with E-state index in [-0.39, 0.29) is 23.8 Å². The first-order valence-corrected chi connectivity index (χ1v) is 11.8. The van der Waals surface area contributed by atoms with Crippen molar-refractivity contribution < 1.29 is 9.59 Å². The first kappa shape index (κ1) is 22.8. The maximum atomic E-state index is 13.3. The minimum atomic E-state index is -0.341. The van der Waals surface area contributed by atoms with Crippen LogP contribution in [0, 0.1) is 0 Å². The van der Waals surface area contributed by atoms with Crippen LogP contribution in [0.4, 0.5) is 0 Å². The van der Waals surface area contributed by atoms with Crippen molar-refractivity contribution in [3.63, 3.8) is 0 Å². The van der Waals surface area contributed by atoms with Gasteiger partial charge in [0, 0.05) is 24.7 Å². The van der Waals surface area contributed by atoms with Crippen molar-refractivity contribution in [2.24, 2.45) is 0 Å². The molecule has 1 fully saturated rings. The number of carbonyl (C=O) groups excluding carboxylic acids is 2. The van der Waals surface area contributed by atoms with E-state index in [0.717, 1.165) is 29.5 Å². The third-order valence-corrected chi connectivity index (χ3v) is 6.48. The molecule has 4 heteroatoms. The summed E-state index contributed by atoms with van der Waals surface area (Å²) in [4.78, 5) is 28.2. The number of likely N-dealkylation sites (tertiary alicyclic amines) is 1. The maximum absolute atomic E-state index is 13.3. The minimum absolute atomic E-state index is 0.0152. The van der Waals surface area contributed by atoms with Crippen molar-refractivity contribution in [1.29, 1.82) is 0 Å². The first-order valence-electron chi connectivity index (χ1n) is 11.8. The average molecular weight is 441 g/mol. The quantitative estimate of drug-likeness (QED) is 0.561. The fraction of sp³-hybridized carbons (Fsp3) is 0.310. The third-order valence-electron chi connectivity index (χ3n) is 6.48. The van der Waals surface area contributed by atoms with Crippen molar-refractivity contribution >= 4 is 11.8 Å². The Hall–Kier alpha value is -3.40. The number of benzene rings is 3. The molecule has 33 heavy (non-hydrogen) atoms. The summed E-state index contributed by atoms with van der Waals surface area (Å²) < 4.78 is 0. The molecule has 1 saturated heterocycles. The van der Waals surface area contributed by atoms with Crippen LogP contribution in [0.2, 0.25) is 0 Å². The second kappa shape index (κ2) is 10.5. The van der Waals surface area contributed by atoms with Gasteiger partial charge in [-0.25, -0.2) is 0 Å². The topological polar surface area (TPSA) is 49.4 Å². The van der Waals surface area contributed by atoms with Crippen molar-refractivity contribution in [2.75, 3.05) is 13.1 Å². The van der Waals surface area contributed by atoms with Gasteiger partial charge >= 0.3 is 0 Å². The predicted octanol–water partition coefficient (Wildman–Crippen LogP) is 5.36. The van der Waals surface area contributed by atoms with Gasteiger partial charge in [-0.3, -0.25) is 9.59 Å². The van der Waals surface area contributed by atoms with Gasteiger partial charge in [-0.05, 0) is 47.6 Å². The van der Waals surface area contributed by atoms with Gasteiger partial charge in [0.25, 0.3) is 5.91 Å². The van der Waals surface area contributed by atoms with Crippen LogP contribution in [0.15, 0.2) is 84.9 Å². The van der Waals surface area contributed by atoms with Crippen molar-refractivity contribution in [3.8, 4) is 0 Å². The average Bonchev–Trinajstić information content (AvgIpc) is 2.85. The number of nitrogens with one attached hydrogen (secondary N) is 1. The number of hydrogen-bond donors (Lipinski definition) is 1. The highest BCUT2D eigenvalue weighted by atomic mass is 16.2. The van der Waals surface area contributed by atoms with Gasteiger partial charge in [0.1, 0.15) is 0 Å². The van der Waals surface area contributed by atoms with Gasteiger partial charge in [0.15, 0.2) is 0 Å². The molecular formula is C29H32N2O2. The Morgan fingerprint density at radius 2 is 1.27 bits per heavy atom. The zero-order chi connectivity index (χ0) is 23.2. The summed E-state index contributed by atoms with van der Waals surface area (Å²) in [6.45, 7) is 5.60. The van der Waals surface area contributed by atoms with Gasteiger partial charge in [-0.15, -0.1) is 0 Å². The molecule has 0 unspecified atom stereocenters. The summed E-state index contributed by atoms with van der Waals surface area (Å²) in [6, 6.07) is 27.8. The van der Waals surface area contributed by atoms with E-state index in [9.17, 15) is 9.59 Å². The van der Waals surface area contributed by atoms with E-state index in [1.807, 2.05) is 89.8 Å². The molecule has 1 aliphatic rings. The minimum Gasteiger partial charge on any atom is -0.352 e. The Bertz CT molecular complexity index is 1010. The van der Waals surface area contributed by atoms with Crippen LogP contribution in [-0.4, -0.2) is 35.8 Å². The molecule has 0 radical (unpaired) electrons. The van der Waals surface area contributed by atoms with E-state index in [0.29, 0.717) is 19.0 Å². The van der Waals surface area contributed by atoms with Crippen LogP contribution in [-0.2, 0) is 4.79 Å². The fourth-order valence-electron chi connectivity index (χ4n) is 4.49. The summed E-state index contributed by atoms with van der Waals surface area (Å²) in [5.41, 5.74) is 3.94. The lowest BCUT2D eigenvalue weighted by molar-refractivity contribution is -0.122. The monoisotopic (exact) mass is 440 g/mol. The van der Waals surface area contributed by atoms with Crippen LogP contribution < -0.4 is 5.32 Å². The van der Waals surface area contributed by atoms with Crippen LogP contribution in [0.5, 0.6) is 0 Å². The smallest absolute Gasteiger partial charge is 0.253 e. The normalized spacial score (nSPS) is 14.5. The lowest BCUT2D eigenvalue weighted by Crippen LogP contribution is -2.47. The van der Waals surface area contributed by atoms with Crippen molar-refractivity contribution in [1.82, 2.24) is 10.2 Å². The molecule has 170 valence electrons. The molecule has 0 saturated carbocycles. The Balaban J connectivity index is 1.38. The van der Waals surface area contributed by atoms with Gasteiger partial charge in [0.05, 0.1) is 5.92 Å². The number of amides is 2. The highest BCUT2D eigenvalue weighted by Gasteiger charge is 2.28. The number of rotatable bonds is 6. The fourth-order valence-corrected chi connectivity index (χ4v) is 4.49. The second-order valence-electron chi connectivity index (χ2n) is 9.11. The molecule has 0 bridgehead atoms. The highest BCUT2D eigenvalue weighted by molar-refractivity contribution is 5.94. The van der Waals surface area contributed by atoms with E-state index in [1.165, 1.54) is 5.56 Å². The predicted molar refractivity (Wildman–Crippen MR) is 132 cm³/mol. The molecule has 0 atom stereocenters. The van der Waals surface area contributed by atoms with Crippen molar-refractivity contribution in [2.45, 2.75) is 44.6 Å². The number of carbonyl (C=O) groups is 2. The number of nitrogens with zero attached hydrogens (tertiary/aromatic N) is 1. The van der Waals surface area contributed by atoms with Gasteiger partial charge in [-0.2, -0.15) is 0 Å². The van der Waals surface area contributed by atoms with E-state index in [1.54, 1.807) is 0 Å². The van der Waals surface area contributed by atoms with Crippen LogP contribution in [0.25, 0.3) is 0 Å². The van der Waals surface area contributed by atoms with Gasteiger partial charge < -0.3 is 10.2 Å². The lowest BCUT2D eigenvalue weighted by atomic mass is 9.90. The van der Waals surface area contributed by atoms with E-state index >= 15 is 0 Å². The summed E-state index contributed by atoms with van der Waals surface area (Å²) in [6.07, 6.45) is 1.52. The summed E-state index contributed by atoms with van der Waals surface area (Å²) in [7, 11) is 0. The molecule has 3 aromatic carbocycles. The molecule has 1 heterocycles. The Morgan fingerprint density at radius 3 is 1.76 bits per heavy atom. The summed E-state index contributed by atoms with van der Waals surface area (Å²) in [5, 5.41) is 3.26. The Morgan fingerprint density at radius 1 is 0.758 bits per heavy atom. The molecule has 2 amide bonds. The highest BCUT2D eigenvalue weighted by Crippen LogP contribution is 2.26. The van der Waals surface area contributed by atoms with Gasteiger partial charge in [0.2, 0.25) is 5.91 Å². The maximum Gasteiger partial charge on any atom is 0.253 e. The largest absolute Gasteiger partial charge is 0.352 e. The standard InChI is InChI=1S/C29H32N2O2/c1-21(2)22-13-15-25(16-14-22)29(33)31-19-17-26(18-20-31)30-28(32)27(23-9-5-3-6-10-23)24-11-7-4-8-12-24/h3-16,21,26-27H,17-20H2,1-2H3,(H,30,32). The van der Waals surface area contributed by atoms with Crippen LogP contribution in [0.1, 0.15) is 65.6 Å². The molecule has 0 aliphatic carbocycles. The molecular weight excluding hydrogens is 408 g/mol. The van der Waals surface area contributed by atoms with Crippen LogP contribution in [0.3, 0.4) is 0 Å². The number of hydrogen-bond acceptors (Lipinski definition) is 2. The zero-order valence-corrected chi connectivity index (χ0v) is 19.4. The third kappa shape index (κ3) is 5.51. The van der Waals surface area contributed by atoms with Crippen LogP contribution >= 0.6 is 0 Å². The van der Waals surface area contributed by atoms with Crippen molar-refractivity contribution in [3.05, 3.63) is 107 Å². The molecule has 1 aliphatic heterocycles. The molecule has 0 spiro atoms. The van der Waals surface area contributed by atoms with Gasteiger partial charge in [-0.1, -0.05) is 86.6 Å². The molecule has 4 nitrogen and oxygen atoms in total. The zero-order valence-electron chi connectivity index (χ0n) is 19.4. The Kier molecular flexibility index (Phi) is 7.23.